The topological polar surface area (TPSA) is 62.7 Å². The van der Waals surface area contributed by atoms with E-state index in [4.69, 9.17) is 34.8 Å². The van der Waals surface area contributed by atoms with Crippen molar-refractivity contribution in [2.24, 2.45) is 0 Å². The van der Waals surface area contributed by atoms with Crippen LogP contribution < -0.4 is 10.6 Å². The van der Waals surface area contributed by atoms with Crippen molar-refractivity contribution in [1.82, 2.24) is 15.0 Å². The summed E-state index contributed by atoms with van der Waals surface area (Å²) in [5, 5.41) is 6.89. The predicted molar refractivity (Wildman–Crippen MR) is 78.7 cm³/mol. The molecule has 0 aliphatic heterocycles. The van der Waals surface area contributed by atoms with Crippen molar-refractivity contribution in [2.75, 3.05) is 17.2 Å². The average molecular weight is 319 g/mol. The summed E-state index contributed by atoms with van der Waals surface area (Å²) in [5.74, 6) is 0.652. The second-order valence-corrected chi connectivity index (χ2v) is 4.66. The van der Waals surface area contributed by atoms with Crippen molar-refractivity contribution in [3.8, 4) is 0 Å². The van der Waals surface area contributed by atoms with Crippen LogP contribution in [0.25, 0.3) is 0 Å². The first-order chi connectivity index (χ1) is 9.10. The van der Waals surface area contributed by atoms with Gasteiger partial charge in [0.2, 0.25) is 17.2 Å². The van der Waals surface area contributed by atoms with Crippen LogP contribution in [0.2, 0.25) is 15.3 Å². The number of nitrogens with zero attached hydrogens (tertiary/aromatic N) is 3. The normalized spacial score (nSPS) is 10.3. The van der Waals surface area contributed by atoms with E-state index in [0.29, 0.717) is 28.2 Å². The van der Waals surface area contributed by atoms with E-state index >= 15 is 0 Å². The van der Waals surface area contributed by atoms with Crippen molar-refractivity contribution < 1.29 is 0 Å². The van der Waals surface area contributed by atoms with Gasteiger partial charge in [-0.3, -0.25) is 0 Å². The standard InChI is InChI=1S/C11H10Cl3N5/c1-2-15-10-17-9(14)18-11(19-10)16-8-6(12)4-3-5-7(8)13/h3-5H,2H2,1H3,(H2,15,16,17,18,19). The molecule has 0 saturated heterocycles. The Hall–Kier alpha value is -1.30. The lowest BCUT2D eigenvalue weighted by Crippen LogP contribution is -2.06. The highest BCUT2D eigenvalue weighted by Gasteiger charge is 2.09. The van der Waals surface area contributed by atoms with E-state index in [1.54, 1.807) is 18.2 Å². The molecule has 2 rings (SSSR count). The van der Waals surface area contributed by atoms with E-state index in [0.717, 1.165) is 0 Å². The molecule has 5 nitrogen and oxygen atoms in total. The number of hydrogen-bond donors (Lipinski definition) is 2. The van der Waals surface area contributed by atoms with Crippen molar-refractivity contribution in [3.63, 3.8) is 0 Å². The molecule has 0 fully saturated rings. The van der Waals surface area contributed by atoms with Gasteiger partial charge < -0.3 is 10.6 Å². The number of halogens is 3. The number of anilines is 3. The van der Waals surface area contributed by atoms with Gasteiger partial charge in [0.05, 0.1) is 15.7 Å². The Kier molecular flexibility index (Phi) is 4.63. The molecule has 0 radical (unpaired) electrons. The molecular formula is C11H10Cl3N5. The molecule has 0 unspecified atom stereocenters. The fourth-order valence-corrected chi connectivity index (χ4v) is 2.02. The van der Waals surface area contributed by atoms with Gasteiger partial charge in [0.1, 0.15) is 0 Å². The zero-order chi connectivity index (χ0) is 13.8. The van der Waals surface area contributed by atoms with Gasteiger partial charge in [-0.25, -0.2) is 0 Å². The lowest BCUT2D eigenvalue weighted by Gasteiger charge is -2.10. The quantitative estimate of drug-likeness (QED) is 0.892. The third-order valence-electron chi connectivity index (χ3n) is 2.14. The van der Waals surface area contributed by atoms with E-state index in [1.807, 2.05) is 6.92 Å². The van der Waals surface area contributed by atoms with E-state index in [-0.39, 0.29) is 11.2 Å². The van der Waals surface area contributed by atoms with Crippen LogP contribution in [0.1, 0.15) is 6.92 Å². The Bertz CT molecular complexity index is 570. The van der Waals surface area contributed by atoms with Crippen LogP contribution >= 0.6 is 34.8 Å². The zero-order valence-corrected chi connectivity index (χ0v) is 12.2. The van der Waals surface area contributed by atoms with E-state index in [1.165, 1.54) is 0 Å². The molecule has 0 bridgehead atoms. The highest BCUT2D eigenvalue weighted by molar-refractivity contribution is 6.39. The number of hydrogen-bond acceptors (Lipinski definition) is 5. The summed E-state index contributed by atoms with van der Waals surface area (Å²) in [5.41, 5.74) is 0.524. The maximum absolute atomic E-state index is 6.05. The van der Waals surface area contributed by atoms with E-state index in [9.17, 15) is 0 Å². The molecule has 0 aliphatic rings. The van der Waals surface area contributed by atoms with Crippen LogP contribution in [0.4, 0.5) is 17.6 Å². The third-order valence-corrected chi connectivity index (χ3v) is 2.94. The van der Waals surface area contributed by atoms with Crippen molar-refractivity contribution in [3.05, 3.63) is 33.5 Å². The Balaban J connectivity index is 2.33. The Labute approximate surface area is 125 Å². The Morgan fingerprint density at radius 1 is 1.00 bits per heavy atom. The third kappa shape index (κ3) is 3.59. The number of nitrogens with one attached hydrogen (secondary N) is 2. The minimum absolute atomic E-state index is 0.0802. The maximum atomic E-state index is 6.05. The number of para-hydroxylation sites is 1. The van der Waals surface area contributed by atoms with Crippen molar-refractivity contribution >= 4 is 52.4 Å². The maximum Gasteiger partial charge on any atom is 0.233 e. The minimum atomic E-state index is 0.0802. The highest BCUT2D eigenvalue weighted by Crippen LogP contribution is 2.31. The van der Waals surface area contributed by atoms with E-state index in [2.05, 4.69) is 25.6 Å². The number of aromatic nitrogens is 3. The second kappa shape index (κ2) is 6.23. The van der Waals surface area contributed by atoms with Gasteiger partial charge in [0, 0.05) is 6.54 Å². The summed E-state index contributed by atoms with van der Waals surface area (Å²) < 4.78 is 0. The molecule has 19 heavy (non-hydrogen) atoms. The molecule has 2 N–H and O–H groups in total. The largest absolute Gasteiger partial charge is 0.354 e. The Morgan fingerprint density at radius 2 is 1.63 bits per heavy atom. The summed E-state index contributed by atoms with van der Waals surface area (Å²) >= 11 is 17.9. The number of benzene rings is 1. The summed E-state index contributed by atoms with van der Waals surface area (Å²) in [6.07, 6.45) is 0. The predicted octanol–water partition coefficient (Wildman–Crippen LogP) is 4.01. The molecule has 100 valence electrons. The fraction of sp³-hybridized carbons (Fsp3) is 0.182. The van der Waals surface area contributed by atoms with Crippen molar-refractivity contribution in [2.45, 2.75) is 6.92 Å². The molecule has 0 atom stereocenters. The second-order valence-electron chi connectivity index (χ2n) is 3.50. The van der Waals surface area contributed by atoms with Crippen molar-refractivity contribution in [1.29, 1.82) is 0 Å². The van der Waals surface area contributed by atoms with Crippen LogP contribution in [-0.4, -0.2) is 21.5 Å². The van der Waals surface area contributed by atoms with Gasteiger partial charge in [0.15, 0.2) is 0 Å². The molecule has 2 aromatic rings. The Morgan fingerprint density at radius 3 is 2.26 bits per heavy atom. The lowest BCUT2D eigenvalue weighted by molar-refractivity contribution is 1.02. The van der Waals surface area contributed by atoms with Gasteiger partial charge in [-0.2, -0.15) is 15.0 Å². The molecule has 1 aromatic carbocycles. The summed E-state index contributed by atoms with van der Waals surface area (Å²) in [4.78, 5) is 12.1. The van der Waals surface area contributed by atoms with Crippen LogP contribution in [0.3, 0.4) is 0 Å². The number of rotatable bonds is 4. The van der Waals surface area contributed by atoms with E-state index < -0.39 is 0 Å². The molecule has 1 heterocycles. The molecule has 8 heteroatoms. The summed E-state index contributed by atoms with van der Waals surface area (Å²) in [6, 6.07) is 5.17. The first kappa shape index (κ1) is 14.1. The summed E-state index contributed by atoms with van der Waals surface area (Å²) in [6.45, 7) is 2.60. The fourth-order valence-electron chi connectivity index (χ4n) is 1.37. The van der Waals surface area contributed by atoms with Gasteiger partial charge in [-0.1, -0.05) is 29.3 Å². The highest BCUT2D eigenvalue weighted by atomic mass is 35.5. The van der Waals surface area contributed by atoms with Gasteiger partial charge in [-0.05, 0) is 30.7 Å². The van der Waals surface area contributed by atoms with Crippen LogP contribution in [0.5, 0.6) is 0 Å². The van der Waals surface area contributed by atoms with Crippen LogP contribution in [0.15, 0.2) is 18.2 Å². The smallest absolute Gasteiger partial charge is 0.233 e. The molecular weight excluding hydrogens is 309 g/mol. The minimum Gasteiger partial charge on any atom is -0.354 e. The van der Waals surface area contributed by atoms with Crippen LogP contribution in [0, 0.1) is 0 Å². The summed E-state index contributed by atoms with van der Waals surface area (Å²) in [7, 11) is 0. The molecule has 0 saturated carbocycles. The van der Waals surface area contributed by atoms with Crippen LogP contribution in [-0.2, 0) is 0 Å². The molecule has 0 spiro atoms. The molecule has 1 aromatic heterocycles. The molecule has 0 amide bonds. The van der Waals surface area contributed by atoms with Gasteiger partial charge in [-0.15, -0.1) is 0 Å². The van der Waals surface area contributed by atoms with Gasteiger partial charge in [0.25, 0.3) is 0 Å². The first-order valence-electron chi connectivity index (χ1n) is 5.46. The SMILES string of the molecule is CCNc1nc(Cl)nc(Nc2c(Cl)cccc2Cl)n1. The first-order valence-corrected chi connectivity index (χ1v) is 6.60. The zero-order valence-electron chi connectivity index (χ0n) is 9.91. The molecule has 0 aliphatic carbocycles. The lowest BCUT2D eigenvalue weighted by atomic mass is 10.3. The van der Waals surface area contributed by atoms with Gasteiger partial charge >= 0.3 is 0 Å². The average Bonchev–Trinajstić information content (AvgIpc) is 2.34. The monoisotopic (exact) mass is 317 g/mol.